The Bertz CT molecular complexity index is 1340. The van der Waals surface area contributed by atoms with Crippen LogP contribution in [0.2, 0.25) is 0 Å². The lowest BCUT2D eigenvalue weighted by molar-refractivity contribution is -0.118. The van der Waals surface area contributed by atoms with E-state index in [9.17, 15) is 4.79 Å². The van der Waals surface area contributed by atoms with Gasteiger partial charge in [-0.3, -0.25) is 9.36 Å². The molecule has 3 heterocycles. The Kier molecular flexibility index (Phi) is 10.9. The fraction of sp³-hybridized carbons (Fsp3) is 0.500. The van der Waals surface area contributed by atoms with E-state index in [1.807, 2.05) is 18.2 Å². The predicted molar refractivity (Wildman–Crippen MR) is 157 cm³/mol. The number of nitrogens with zero attached hydrogens (tertiary/aromatic N) is 5. The summed E-state index contributed by atoms with van der Waals surface area (Å²) in [7, 11) is 1.44. The molecule has 12 nitrogen and oxygen atoms in total. The van der Waals surface area contributed by atoms with Crippen molar-refractivity contribution in [1.82, 2.24) is 24.2 Å². The van der Waals surface area contributed by atoms with Gasteiger partial charge < -0.3 is 29.2 Å². The van der Waals surface area contributed by atoms with E-state index in [-0.39, 0.29) is 31.4 Å². The number of aliphatic hydroxyl groups is 1. The molecular formula is C28H39N6O6P. The fourth-order valence-corrected chi connectivity index (χ4v) is 6.18. The summed E-state index contributed by atoms with van der Waals surface area (Å²) in [5.74, 6) is 0.427. The van der Waals surface area contributed by atoms with Crippen LogP contribution in [0.15, 0.2) is 43.0 Å². The van der Waals surface area contributed by atoms with E-state index in [4.69, 9.17) is 28.0 Å². The molecule has 5 unspecified atom stereocenters. The zero-order valence-corrected chi connectivity index (χ0v) is 25.0. The molecule has 0 aliphatic carbocycles. The zero-order chi connectivity index (χ0) is 31.5. The molecule has 1 aliphatic rings. The molecular weight excluding hydrogens is 547 g/mol. The molecule has 5 atom stereocenters. The Morgan fingerprint density at radius 1 is 1.29 bits per heavy atom. The number of benzene rings is 1. The van der Waals surface area contributed by atoms with E-state index in [0.29, 0.717) is 16.9 Å². The van der Waals surface area contributed by atoms with Crippen LogP contribution >= 0.6 is 8.30 Å². The number of fused-ring (bicyclic) bond motifs is 1. The second kappa shape index (κ2) is 15.2. The Labute approximate surface area is 245 Å². The molecule has 4 rings (SSSR count). The molecule has 3 aromatic rings. The van der Waals surface area contributed by atoms with Gasteiger partial charge in [-0.05, 0) is 52.4 Å². The third-order valence-electron chi connectivity index (χ3n) is 6.16. The number of para-hydroxylation sites is 1. The Hall–Kier alpha value is -3.17. The van der Waals surface area contributed by atoms with Crippen LogP contribution in [0.5, 0.6) is 5.75 Å². The Morgan fingerprint density at radius 3 is 2.61 bits per heavy atom. The van der Waals surface area contributed by atoms with E-state index >= 15 is 0 Å². The lowest BCUT2D eigenvalue weighted by atomic mass is 10.1. The molecule has 1 saturated heterocycles. The molecule has 1 fully saturated rings. The van der Waals surface area contributed by atoms with Gasteiger partial charge in [-0.25, -0.2) is 19.6 Å². The van der Waals surface area contributed by atoms with Crippen LogP contribution in [0.3, 0.4) is 0 Å². The van der Waals surface area contributed by atoms with Crippen molar-refractivity contribution < 1.29 is 30.0 Å². The summed E-state index contributed by atoms with van der Waals surface area (Å²) in [6.45, 7) is 8.04. The first kappa shape index (κ1) is 29.3. The number of carbonyl (C=O) groups excluding carboxylic acids is 1. The first-order valence-electron chi connectivity index (χ1n) is 14.2. The summed E-state index contributed by atoms with van der Waals surface area (Å²) in [6, 6.07) is 9.38. The van der Waals surface area contributed by atoms with Crippen molar-refractivity contribution >= 4 is 31.2 Å². The van der Waals surface area contributed by atoms with E-state index in [1.165, 1.54) is 13.4 Å². The molecule has 0 spiro atoms. The maximum absolute atomic E-state index is 12.6. The van der Waals surface area contributed by atoms with Gasteiger partial charge >= 0.3 is 0 Å². The molecule has 0 bridgehead atoms. The van der Waals surface area contributed by atoms with Gasteiger partial charge in [0.1, 0.15) is 24.3 Å². The van der Waals surface area contributed by atoms with Crippen LogP contribution in [0, 0.1) is 12.1 Å². The van der Waals surface area contributed by atoms with Crippen LogP contribution in [-0.4, -0.2) is 87.9 Å². The predicted octanol–water partition coefficient (Wildman–Crippen LogP) is 3.79. The van der Waals surface area contributed by atoms with Gasteiger partial charge in [-0.2, -0.15) is 0 Å². The molecule has 2 aromatic heterocycles. The van der Waals surface area contributed by atoms with E-state index in [2.05, 4.69) is 63.4 Å². The van der Waals surface area contributed by atoms with Gasteiger partial charge in [-0.1, -0.05) is 18.2 Å². The number of hydrogen-bond acceptors (Lipinski definition) is 10. The van der Waals surface area contributed by atoms with Crippen molar-refractivity contribution in [1.29, 1.82) is 1.43 Å². The minimum absolute atomic E-state index is 0.0531. The van der Waals surface area contributed by atoms with Crippen LogP contribution < -0.4 is 10.1 Å². The molecule has 0 radical (unpaired) electrons. The standard InChI is InChI=1S/C27H35N6O5P.CH4O/c1-8-39(33(17(2)3)18(4)5)38-23-19(6)37-27(24(23)35-7)32-16-30-22-25(28-15-29-26(22)32)31-21(34)14-36-20-12-10-9-11-13-20;1-2/h1,9-13,15-19,23-24,27H,14H2,2-7H3,(H,28,29,31,34);2H,1H3/i6D;2T. The Balaban J connectivity index is 0.00000162. The van der Waals surface area contributed by atoms with Gasteiger partial charge in [0.25, 0.3) is 5.91 Å². The van der Waals surface area contributed by atoms with Gasteiger partial charge in [0.05, 0.1) is 12.4 Å². The topological polar surface area (TPSA) is 133 Å². The number of carbonyl (C=O) groups is 1. The first-order valence-corrected chi connectivity index (χ1v) is 14.2. The highest BCUT2D eigenvalue weighted by Crippen LogP contribution is 2.48. The van der Waals surface area contributed by atoms with Gasteiger partial charge in [-0.15, -0.1) is 6.42 Å². The monoisotopic (exact) mass is 589 g/mol. The van der Waals surface area contributed by atoms with Crippen molar-refractivity contribution in [2.24, 2.45) is 0 Å². The number of aromatic nitrogens is 4. The van der Waals surface area contributed by atoms with E-state index in [1.54, 1.807) is 30.1 Å². The lowest BCUT2D eigenvalue weighted by Crippen LogP contribution is -2.38. The fourth-order valence-electron chi connectivity index (χ4n) is 4.56. The molecule has 13 heteroatoms. The third-order valence-corrected chi connectivity index (χ3v) is 8.17. The molecule has 2 N–H and O–H groups in total. The second-order valence-electron chi connectivity index (χ2n) is 9.50. The number of terminal acetylenes is 1. The molecule has 41 heavy (non-hydrogen) atoms. The molecule has 1 amide bonds. The Morgan fingerprint density at radius 2 is 2.00 bits per heavy atom. The molecule has 1 aromatic carbocycles. The minimum atomic E-state index is -1.42. The summed E-state index contributed by atoms with van der Waals surface area (Å²) in [6.07, 6.45) is 6.32. The molecule has 222 valence electrons. The van der Waals surface area contributed by atoms with Crippen molar-refractivity contribution in [3.05, 3.63) is 43.0 Å². The van der Waals surface area contributed by atoms with E-state index in [0.717, 1.165) is 0 Å². The van der Waals surface area contributed by atoms with Crippen LogP contribution in [0.4, 0.5) is 5.82 Å². The number of ether oxygens (including phenoxy) is 3. The SMILES string of the molecule is [2H]CC1OC(n2cnc3c(NC(=O)COc4ccccc4)ncnc32)C(OC)C1OP(C#C)N(C(C)C)C(C)C.[3H]OC. The maximum Gasteiger partial charge on any atom is 0.263 e. The molecule has 0 saturated carbocycles. The molecule has 1 aliphatic heterocycles. The highest BCUT2D eigenvalue weighted by Gasteiger charge is 2.47. The summed E-state index contributed by atoms with van der Waals surface area (Å²) >= 11 is 0. The highest BCUT2D eigenvalue weighted by molar-refractivity contribution is 7.55. The van der Waals surface area contributed by atoms with Crippen molar-refractivity contribution in [2.45, 2.75) is 71.2 Å². The highest BCUT2D eigenvalue weighted by atomic mass is 31.2. The van der Waals surface area contributed by atoms with Gasteiger partial charge in [0.2, 0.25) is 1.43 Å². The van der Waals surface area contributed by atoms with Crippen LogP contribution in [-0.2, 0) is 18.8 Å². The maximum atomic E-state index is 12.6. The summed E-state index contributed by atoms with van der Waals surface area (Å²) in [5, 5.41) is 6.24. The number of anilines is 1. The number of hydrogen-bond donors (Lipinski definition) is 2. The number of imidazole rings is 1. The average molecular weight is 590 g/mol. The third kappa shape index (κ3) is 7.57. The zero-order valence-electron chi connectivity index (χ0n) is 26.1. The summed E-state index contributed by atoms with van der Waals surface area (Å²) in [5.41, 5.74) is 3.61. The van der Waals surface area contributed by atoms with Gasteiger partial charge in [0.15, 0.2) is 38.1 Å². The summed E-state index contributed by atoms with van der Waals surface area (Å²) in [4.78, 5) is 25.6. The van der Waals surface area contributed by atoms with Crippen molar-refractivity contribution in [2.75, 3.05) is 26.1 Å². The second-order valence-corrected chi connectivity index (χ2v) is 11.0. The number of methoxy groups -OCH3 is 1. The number of nitrogens with one attached hydrogen (secondary N) is 1. The van der Waals surface area contributed by atoms with E-state index < -0.39 is 38.7 Å². The largest absolute Gasteiger partial charge is 0.484 e. The van der Waals surface area contributed by atoms with Crippen molar-refractivity contribution in [3.63, 3.8) is 0 Å². The van der Waals surface area contributed by atoms with Crippen LogP contribution in [0.1, 0.15) is 42.2 Å². The number of rotatable bonds is 11. The average Bonchev–Trinajstić information content (AvgIpc) is 3.57. The number of amides is 1. The quantitative estimate of drug-likeness (QED) is 0.251. The number of aliphatic hydroxyl groups excluding tert-OH is 1. The normalized spacial score (nSPS) is 21.7. The van der Waals surface area contributed by atoms with Crippen molar-refractivity contribution in [3.8, 4) is 17.8 Å². The first-order chi connectivity index (χ1) is 20.7. The van der Waals surface area contributed by atoms with Gasteiger partial charge in [0, 0.05) is 27.7 Å². The van der Waals surface area contributed by atoms with Crippen LogP contribution in [0.25, 0.3) is 11.2 Å². The summed E-state index contributed by atoms with van der Waals surface area (Å²) < 4.78 is 41.8. The smallest absolute Gasteiger partial charge is 0.263 e. The lowest BCUT2D eigenvalue weighted by Gasteiger charge is -2.36. The minimum Gasteiger partial charge on any atom is -0.484 e.